The van der Waals surface area contributed by atoms with E-state index in [9.17, 15) is 9.59 Å². The van der Waals surface area contributed by atoms with Crippen molar-refractivity contribution in [1.82, 2.24) is 0 Å². The second kappa shape index (κ2) is 4.61. The summed E-state index contributed by atoms with van der Waals surface area (Å²) in [5, 5.41) is 8.81. The molecule has 5 heteroatoms. The number of carboxylic acid groups (broad SMARTS) is 1. The highest BCUT2D eigenvalue weighted by Crippen LogP contribution is 2.37. The van der Waals surface area contributed by atoms with Crippen molar-refractivity contribution in [3.8, 4) is 0 Å². The predicted molar refractivity (Wildman–Crippen MR) is 53.1 cm³/mol. The molecule has 0 radical (unpaired) electrons. The molecule has 2 atom stereocenters. The molecule has 1 aliphatic heterocycles. The first-order chi connectivity index (χ1) is 7.00. The average molecular weight is 215 g/mol. The Kier molecular flexibility index (Phi) is 3.68. The van der Waals surface area contributed by atoms with Gasteiger partial charge in [-0.25, -0.2) is 0 Å². The van der Waals surface area contributed by atoms with Gasteiger partial charge < -0.3 is 15.6 Å². The normalized spacial score (nSPS) is 23.1. The molecule has 0 aromatic rings. The number of primary amides is 1. The Balaban J connectivity index is 2.75. The van der Waals surface area contributed by atoms with E-state index in [1.165, 1.54) is 0 Å². The summed E-state index contributed by atoms with van der Waals surface area (Å²) in [6, 6.07) is 0. The van der Waals surface area contributed by atoms with Crippen molar-refractivity contribution >= 4 is 11.9 Å². The second-order valence-corrected chi connectivity index (χ2v) is 4.12. The quantitative estimate of drug-likeness (QED) is 0.605. The predicted octanol–water partition coefficient (Wildman–Crippen LogP) is 0.522. The highest BCUT2D eigenvalue weighted by atomic mass is 16.6. The summed E-state index contributed by atoms with van der Waals surface area (Å²) >= 11 is 0. The Bertz CT molecular complexity index is 262. The summed E-state index contributed by atoms with van der Waals surface area (Å²) in [7, 11) is 0. The lowest BCUT2D eigenvalue weighted by Crippen LogP contribution is -2.40. The number of carboxylic acids is 1. The first-order valence-electron chi connectivity index (χ1n) is 5.13. The number of amides is 1. The smallest absolute Gasteiger partial charge is 0.304 e. The van der Waals surface area contributed by atoms with Crippen LogP contribution in [0.25, 0.3) is 0 Å². The van der Waals surface area contributed by atoms with Gasteiger partial charge in [0.2, 0.25) is 5.91 Å². The minimum Gasteiger partial charge on any atom is -0.481 e. The molecule has 0 aliphatic carbocycles. The van der Waals surface area contributed by atoms with E-state index in [-0.39, 0.29) is 12.5 Å². The molecule has 1 rings (SSSR count). The standard InChI is InChI=1S/C10H17NO4/c1-2-3-10(9(11)14,5-8(12)13)4-7-6-15-7/h7H,2-6H2,1H3,(H2,11,14)(H,12,13). The molecule has 5 nitrogen and oxygen atoms in total. The Morgan fingerprint density at radius 1 is 1.60 bits per heavy atom. The lowest BCUT2D eigenvalue weighted by atomic mass is 9.75. The topological polar surface area (TPSA) is 92.9 Å². The van der Waals surface area contributed by atoms with E-state index in [0.717, 1.165) is 6.42 Å². The summed E-state index contributed by atoms with van der Waals surface area (Å²) in [6.45, 7) is 2.52. The van der Waals surface area contributed by atoms with Gasteiger partial charge in [0, 0.05) is 0 Å². The maximum Gasteiger partial charge on any atom is 0.304 e. The van der Waals surface area contributed by atoms with Gasteiger partial charge in [0.15, 0.2) is 0 Å². The van der Waals surface area contributed by atoms with Crippen LogP contribution in [0.3, 0.4) is 0 Å². The summed E-state index contributed by atoms with van der Waals surface area (Å²) in [5.74, 6) is -1.51. The molecule has 1 amide bonds. The number of carbonyl (C=O) groups excluding carboxylic acids is 1. The van der Waals surface area contributed by atoms with Crippen LogP contribution in [0.4, 0.5) is 0 Å². The maximum absolute atomic E-state index is 11.4. The van der Waals surface area contributed by atoms with Crippen molar-refractivity contribution in [2.45, 2.75) is 38.7 Å². The Labute approximate surface area is 88.6 Å². The molecule has 0 aromatic carbocycles. The maximum atomic E-state index is 11.4. The lowest BCUT2D eigenvalue weighted by Gasteiger charge is -2.27. The number of ether oxygens (including phenoxy) is 1. The third kappa shape index (κ3) is 3.20. The molecule has 0 spiro atoms. The Morgan fingerprint density at radius 2 is 2.20 bits per heavy atom. The van der Waals surface area contributed by atoms with Crippen LogP contribution in [0.1, 0.15) is 32.6 Å². The fraction of sp³-hybridized carbons (Fsp3) is 0.800. The summed E-state index contributed by atoms with van der Waals surface area (Å²) < 4.78 is 5.04. The molecule has 0 saturated carbocycles. The van der Waals surface area contributed by atoms with Crippen LogP contribution < -0.4 is 5.73 Å². The van der Waals surface area contributed by atoms with Crippen LogP contribution in [0.5, 0.6) is 0 Å². The molecule has 86 valence electrons. The van der Waals surface area contributed by atoms with Crippen LogP contribution in [0.15, 0.2) is 0 Å². The van der Waals surface area contributed by atoms with Crippen molar-refractivity contribution in [3.05, 3.63) is 0 Å². The fourth-order valence-electron chi connectivity index (χ4n) is 1.96. The molecule has 1 fully saturated rings. The number of hydrogen-bond acceptors (Lipinski definition) is 3. The SMILES string of the molecule is CCCC(CC(=O)O)(CC1CO1)C(N)=O. The van der Waals surface area contributed by atoms with E-state index in [1.54, 1.807) is 0 Å². The average Bonchev–Trinajstić information content (AvgIpc) is 2.86. The van der Waals surface area contributed by atoms with Gasteiger partial charge in [-0.2, -0.15) is 0 Å². The molecule has 1 saturated heterocycles. The molecule has 0 aromatic heterocycles. The minimum atomic E-state index is -0.983. The molecule has 1 heterocycles. The Morgan fingerprint density at radius 3 is 2.53 bits per heavy atom. The molecule has 3 N–H and O–H groups in total. The van der Waals surface area contributed by atoms with Gasteiger partial charge in [0.1, 0.15) is 0 Å². The van der Waals surface area contributed by atoms with Crippen LogP contribution in [0.2, 0.25) is 0 Å². The second-order valence-electron chi connectivity index (χ2n) is 4.12. The zero-order valence-electron chi connectivity index (χ0n) is 8.86. The number of aliphatic carboxylic acids is 1. The molecule has 0 bridgehead atoms. The number of carbonyl (C=O) groups is 2. The van der Waals surface area contributed by atoms with Gasteiger partial charge >= 0.3 is 5.97 Å². The molecule has 1 aliphatic rings. The van der Waals surface area contributed by atoms with Crippen LogP contribution in [0, 0.1) is 5.41 Å². The van der Waals surface area contributed by atoms with E-state index in [0.29, 0.717) is 19.4 Å². The van der Waals surface area contributed by atoms with Crippen LogP contribution in [-0.2, 0) is 14.3 Å². The van der Waals surface area contributed by atoms with Gasteiger partial charge in [0.05, 0.1) is 24.5 Å². The highest BCUT2D eigenvalue weighted by Gasteiger charge is 2.43. The Hall–Kier alpha value is -1.10. The lowest BCUT2D eigenvalue weighted by molar-refractivity contribution is -0.145. The highest BCUT2D eigenvalue weighted by molar-refractivity contribution is 5.85. The third-order valence-electron chi connectivity index (χ3n) is 2.76. The summed E-state index contributed by atoms with van der Waals surface area (Å²) in [4.78, 5) is 22.2. The first-order valence-corrected chi connectivity index (χ1v) is 5.13. The van der Waals surface area contributed by atoms with Crippen molar-refractivity contribution < 1.29 is 19.4 Å². The van der Waals surface area contributed by atoms with Crippen molar-refractivity contribution in [1.29, 1.82) is 0 Å². The van der Waals surface area contributed by atoms with E-state index in [1.807, 2.05) is 6.92 Å². The van der Waals surface area contributed by atoms with Gasteiger partial charge in [0.25, 0.3) is 0 Å². The fourth-order valence-corrected chi connectivity index (χ4v) is 1.96. The monoisotopic (exact) mass is 215 g/mol. The zero-order valence-corrected chi connectivity index (χ0v) is 8.86. The van der Waals surface area contributed by atoms with Gasteiger partial charge in [-0.1, -0.05) is 13.3 Å². The van der Waals surface area contributed by atoms with Crippen molar-refractivity contribution in [2.24, 2.45) is 11.1 Å². The summed E-state index contributed by atoms with van der Waals surface area (Å²) in [5.41, 5.74) is 4.40. The zero-order chi connectivity index (χ0) is 11.5. The number of rotatable bonds is 7. The van der Waals surface area contributed by atoms with Crippen LogP contribution in [-0.4, -0.2) is 29.7 Å². The molecular formula is C10H17NO4. The minimum absolute atomic E-state index is 0.0170. The van der Waals surface area contributed by atoms with E-state index < -0.39 is 17.3 Å². The van der Waals surface area contributed by atoms with E-state index in [2.05, 4.69) is 0 Å². The number of hydrogen-bond donors (Lipinski definition) is 2. The van der Waals surface area contributed by atoms with Gasteiger partial charge in [-0.15, -0.1) is 0 Å². The summed E-state index contributed by atoms with van der Waals surface area (Å²) in [6.07, 6.45) is 1.50. The van der Waals surface area contributed by atoms with Crippen molar-refractivity contribution in [3.63, 3.8) is 0 Å². The largest absolute Gasteiger partial charge is 0.481 e. The molecular weight excluding hydrogens is 198 g/mol. The number of epoxide rings is 1. The van der Waals surface area contributed by atoms with Gasteiger partial charge in [-0.05, 0) is 12.8 Å². The van der Waals surface area contributed by atoms with Crippen LogP contribution >= 0.6 is 0 Å². The number of nitrogens with two attached hydrogens (primary N) is 1. The van der Waals surface area contributed by atoms with E-state index >= 15 is 0 Å². The molecule has 15 heavy (non-hydrogen) atoms. The third-order valence-corrected chi connectivity index (χ3v) is 2.76. The van der Waals surface area contributed by atoms with Gasteiger partial charge in [-0.3, -0.25) is 9.59 Å². The molecule has 2 unspecified atom stereocenters. The van der Waals surface area contributed by atoms with E-state index in [4.69, 9.17) is 15.6 Å². The van der Waals surface area contributed by atoms with Crippen molar-refractivity contribution in [2.75, 3.05) is 6.61 Å². The first kappa shape index (κ1) is 12.0.